The number of amides is 1. The molecule has 7 nitrogen and oxygen atoms in total. The van der Waals surface area contributed by atoms with E-state index in [2.05, 4.69) is 5.32 Å². The molecule has 3 aromatic rings. The van der Waals surface area contributed by atoms with Crippen molar-refractivity contribution in [2.45, 2.75) is 52.2 Å². The summed E-state index contributed by atoms with van der Waals surface area (Å²) in [5.74, 6) is 0.223. The molecular weight excluding hydrogens is 366 g/mol. The number of nitrogens with zero attached hydrogens (tertiary/aromatic N) is 2. The second kappa shape index (κ2) is 7.19. The molecular formula is C19H21N3O4S. The van der Waals surface area contributed by atoms with Gasteiger partial charge in [-0.15, -0.1) is 11.3 Å². The maximum absolute atomic E-state index is 13.1. The van der Waals surface area contributed by atoms with Gasteiger partial charge in [-0.2, -0.15) is 0 Å². The van der Waals surface area contributed by atoms with Crippen LogP contribution in [0.1, 0.15) is 36.0 Å². The smallest absolute Gasteiger partial charge is 0.332 e. The van der Waals surface area contributed by atoms with E-state index in [1.54, 1.807) is 28.0 Å². The number of hydrogen-bond donors (Lipinski definition) is 1. The first kappa shape index (κ1) is 17.8. The van der Waals surface area contributed by atoms with Crippen molar-refractivity contribution in [1.29, 1.82) is 0 Å². The fourth-order valence-electron chi connectivity index (χ4n) is 3.63. The van der Waals surface area contributed by atoms with Crippen molar-refractivity contribution in [1.82, 2.24) is 14.5 Å². The Morgan fingerprint density at radius 2 is 2.07 bits per heavy atom. The van der Waals surface area contributed by atoms with Crippen molar-refractivity contribution in [3.05, 3.63) is 55.4 Å². The monoisotopic (exact) mass is 387 g/mol. The standard InChI is InChI=1S/C19H21N3O4S/c1-2-21-18-16(13-7-3-4-8-14(13)27-18)17(24)22(19(21)25)11-15(23)20-10-12-6-5-9-26-12/h5-6,9H,2-4,7-8,10-11H2,1H3,(H,20,23). The highest BCUT2D eigenvalue weighted by Gasteiger charge is 2.23. The topological polar surface area (TPSA) is 86.2 Å². The van der Waals surface area contributed by atoms with Gasteiger partial charge in [0.05, 0.1) is 18.2 Å². The summed E-state index contributed by atoms with van der Waals surface area (Å²) < 4.78 is 7.85. The fraction of sp³-hybridized carbons (Fsp3) is 0.421. The van der Waals surface area contributed by atoms with E-state index in [1.165, 1.54) is 11.1 Å². The Morgan fingerprint density at radius 3 is 2.81 bits per heavy atom. The van der Waals surface area contributed by atoms with Gasteiger partial charge in [-0.3, -0.25) is 18.7 Å². The molecule has 3 heterocycles. The molecule has 0 saturated heterocycles. The first-order valence-electron chi connectivity index (χ1n) is 9.17. The van der Waals surface area contributed by atoms with Crippen LogP contribution in [0.5, 0.6) is 0 Å². The molecule has 1 aliphatic carbocycles. The zero-order chi connectivity index (χ0) is 19.0. The largest absolute Gasteiger partial charge is 0.467 e. The van der Waals surface area contributed by atoms with E-state index in [9.17, 15) is 14.4 Å². The minimum atomic E-state index is -0.429. The highest BCUT2D eigenvalue weighted by molar-refractivity contribution is 7.18. The molecule has 0 bridgehead atoms. The third-order valence-corrected chi connectivity index (χ3v) is 6.29. The number of aromatic nitrogens is 2. The number of aryl methyl sites for hydroxylation is 3. The number of hydrogen-bond acceptors (Lipinski definition) is 5. The van der Waals surface area contributed by atoms with Crippen LogP contribution in [0, 0.1) is 0 Å². The van der Waals surface area contributed by atoms with Gasteiger partial charge in [0, 0.05) is 11.4 Å². The molecule has 27 heavy (non-hydrogen) atoms. The van der Waals surface area contributed by atoms with Crippen LogP contribution in [-0.2, 0) is 37.3 Å². The lowest BCUT2D eigenvalue weighted by Crippen LogP contribution is -2.43. The van der Waals surface area contributed by atoms with Crippen molar-refractivity contribution in [2.24, 2.45) is 0 Å². The van der Waals surface area contributed by atoms with Crippen LogP contribution >= 0.6 is 11.3 Å². The number of carbonyl (C=O) groups is 1. The molecule has 0 aromatic carbocycles. The lowest BCUT2D eigenvalue weighted by Gasteiger charge is -2.12. The predicted octanol–water partition coefficient (Wildman–Crippen LogP) is 2.03. The van der Waals surface area contributed by atoms with Crippen LogP contribution in [0.2, 0.25) is 0 Å². The van der Waals surface area contributed by atoms with Crippen LogP contribution in [0.4, 0.5) is 0 Å². The maximum atomic E-state index is 13.1. The number of furan rings is 1. The molecule has 4 rings (SSSR count). The summed E-state index contributed by atoms with van der Waals surface area (Å²) in [4.78, 5) is 40.2. The van der Waals surface area contributed by atoms with Gasteiger partial charge < -0.3 is 9.73 Å². The van der Waals surface area contributed by atoms with Gasteiger partial charge in [0.15, 0.2) is 0 Å². The Kier molecular flexibility index (Phi) is 4.73. The van der Waals surface area contributed by atoms with Gasteiger partial charge >= 0.3 is 5.69 Å². The Bertz CT molecular complexity index is 1100. The van der Waals surface area contributed by atoms with Crippen LogP contribution in [-0.4, -0.2) is 15.0 Å². The van der Waals surface area contributed by atoms with Crippen molar-refractivity contribution < 1.29 is 9.21 Å². The molecule has 0 fully saturated rings. The molecule has 0 radical (unpaired) electrons. The normalized spacial score (nSPS) is 13.7. The Morgan fingerprint density at radius 1 is 1.26 bits per heavy atom. The molecule has 8 heteroatoms. The number of fused-ring (bicyclic) bond motifs is 3. The van der Waals surface area contributed by atoms with E-state index < -0.39 is 11.6 Å². The van der Waals surface area contributed by atoms with Gasteiger partial charge in [-0.1, -0.05) is 0 Å². The summed E-state index contributed by atoms with van der Waals surface area (Å²) in [5.41, 5.74) is 0.284. The van der Waals surface area contributed by atoms with Crippen molar-refractivity contribution >= 4 is 27.5 Å². The van der Waals surface area contributed by atoms with E-state index in [0.717, 1.165) is 40.6 Å². The fourth-order valence-corrected chi connectivity index (χ4v) is 5.07. The van der Waals surface area contributed by atoms with Gasteiger partial charge in [0.1, 0.15) is 17.1 Å². The van der Waals surface area contributed by atoms with Crippen molar-refractivity contribution in [3.8, 4) is 0 Å². The van der Waals surface area contributed by atoms with Crippen LogP contribution in [0.25, 0.3) is 10.2 Å². The molecule has 1 aliphatic rings. The molecule has 0 atom stereocenters. The summed E-state index contributed by atoms with van der Waals surface area (Å²) in [6, 6.07) is 3.49. The number of rotatable bonds is 5. The Balaban J connectivity index is 1.72. The van der Waals surface area contributed by atoms with Gasteiger partial charge in [-0.05, 0) is 50.3 Å². The second-order valence-electron chi connectivity index (χ2n) is 6.67. The SMILES string of the molecule is CCn1c(=O)n(CC(=O)NCc2ccco2)c(=O)c2c3c(sc21)CCCC3. The molecule has 0 spiro atoms. The minimum absolute atomic E-state index is 0.221. The summed E-state index contributed by atoms with van der Waals surface area (Å²) in [6.07, 6.45) is 5.50. The van der Waals surface area contributed by atoms with E-state index in [1.807, 2.05) is 6.92 Å². The van der Waals surface area contributed by atoms with Crippen molar-refractivity contribution in [2.75, 3.05) is 0 Å². The van der Waals surface area contributed by atoms with E-state index in [0.29, 0.717) is 17.7 Å². The zero-order valence-corrected chi connectivity index (χ0v) is 15.9. The van der Waals surface area contributed by atoms with E-state index in [4.69, 9.17) is 4.42 Å². The summed E-state index contributed by atoms with van der Waals surface area (Å²) in [5, 5.41) is 3.31. The molecule has 3 aromatic heterocycles. The van der Waals surface area contributed by atoms with Crippen LogP contribution < -0.4 is 16.6 Å². The second-order valence-corrected chi connectivity index (χ2v) is 7.75. The summed E-state index contributed by atoms with van der Waals surface area (Å²) in [7, 11) is 0. The Hall–Kier alpha value is -2.61. The summed E-state index contributed by atoms with van der Waals surface area (Å²) >= 11 is 1.55. The molecule has 142 valence electrons. The number of nitrogens with one attached hydrogen (secondary N) is 1. The van der Waals surface area contributed by atoms with Crippen LogP contribution in [0.3, 0.4) is 0 Å². The lowest BCUT2D eigenvalue weighted by molar-refractivity contribution is -0.122. The third kappa shape index (κ3) is 3.14. The molecule has 1 N–H and O–H groups in total. The molecule has 0 unspecified atom stereocenters. The highest BCUT2D eigenvalue weighted by Crippen LogP contribution is 2.34. The Labute approximate surface area is 159 Å². The first-order chi connectivity index (χ1) is 13.1. The predicted molar refractivity (Wildman–Crippen MR) is 103 cm³/mol. The molecule has 0 saturated carbocycles. The average Bonchev–Trinajstić information content (AvgIpc) is 3.31. The lowest BCUT2D eigenvalue weighted by atomic mass is 9.97. The third-order valence-electron chi connectivity index (χ3n) is 4.98. The average molecular weight is 387 g/mol. The zero-order valence-electron chi connectivity index (χ0n) is 15.1. The molecule has 0 aliphatic heterocycles. The van der Waals surface area contributed by atoms with E-state index >= 15 is 0 Å². The maximum Gasteiger partial charge on any atom is 0.332 e. The first-order valence-corrected chi connectivity index (χ1v) is 9.98. The van der Waals surface area contributed by atoms with Gasteiger partial charge in [0.25, 0.3) is 5.56 Å². The number of thiophene rings is 1. The van der Waals surface area contributed by atoms with Crippen molar-refractivity contribution in [3.63, 3.8) is 0 Å². The summed E-state index contributed by atoms with van der Waals surface area (Å²) in [6.45, 7) is 2.27. The highest BCUT2D eigenvalue weighted by atomic mass is 32.1. The quantitative estimate of drug-likeness (QED) is 0.726. The minimum Gasteiger partial charge on any atom is -0.467 e. The van der Waals surface area contributed by atoms with Gasteiger partial charge in [-0.25, -0.2) is 4.79 Å². The molecule has 1 amide bonds. The number of carbonyl (C=O) groups excluding carboxylic acids is 1. The van der Waals surface area contributed by atoms with E-state index in [-0.39, 0.29) is 18.6 Å². The van der Waals surface area contributed by atoms with Crippen LogP contribution in [0.15, 0.2) is 32.4 Å². The van der Waals surface area contributed by atoms with Gasteiger partial charge in [0.2, 0.25) is 5.91 Å².